The molecule has 4 aromatic heterocycles. The number of thioether (sulfide) groups is 1. The summed E-state index contributed by atoms with van der Waals surface area (Å²) >= 11 is 3.00. The predicted molar refractivity (Wildman–Crippen MR) is 86.1 cm³/mol. The zero-order valence-electron chi connectivity index (χ0n) is 12.1. The fourth-order valence-electron chi connectivity index (χ4n) is 2.01. The predicted octanol–water partition coefficient (Wildman–Crippen LogP) is 4.65. The van der Waals surface area contributed by atoms with E-state index in [-0.39, 0.29) is 0 Å². The van der Waals surface area contributed by atoms with Crippen LogP contribution in [0.3, 0.4) is 0 Å². The molecular weight excluding hydrogens is 334 g/mol. The van der Waals surface area contributed by atoms with E-state index in [2.05, 4.69) is 15.2 Å². The lowest BCUT2D eigenvalue weighted by Crippen LogP contribution is -1.81. The van der Waals surface area contributed by atoms with Gasteiger partial charge >= 0.3 is 0 Å². The molecule has 0 aromatic carbocycles. The molecule has 0 saturated heterocycles. The van der Waals surface area contributed by atoms with Gasteiger partial charge in [0.05, 0.1) is 23.8 Å². The second-order valence-electron chi connectivity index (χ2n) is 4.67. The first-order valence-electron chi connectivity index (χ1n) is 6.78. The topological polar surface area (TPSA) is 78.1 Å². The van der Waals surface area contributed by atoms with Crippen molar-refractivity contribution in [1.82, 2.24) is 15.2 Å². The molecule has 0 atom stereocenters. The normalized spacial score (nSPS) is 11.2. The Morgan fingerprint density at radius 2 is 2.13 bits per heavy atom. The van der Waals surface area contributed by atoms with E-state index in [1.165, 1.54) is 11.8 Å². The van der Waals surface area contributed by atoms with Crippen molar-refractivity contribution < 1.29 is 13.3 Å². The van der Waals surface area contributed by atoms with Crippen LogP contribution in [0.25, 0.3) is 22.2 Å². The minimum Gasteiger partial charge on any atom is -0.469 e. The molecule has 4 heterocycles. The second-order valence-corrected chi connectivity index (χ2v) is 6.46. The van der Waals surface area contributed by atoms with Gasteiger partial charge in [0.1, 0.15) is 5.76 Å². The van der Waals surface area contributed by atoms with Gasteiger partial charge in [0.15, 0.2) is 10.8 Å². The van der Waals surface area contributed by atoms with Crippen molar-refractivity contribution in [1.29, 1.82) is 0 Å². The highest BCUT2D eigenvalue weighted by Crippen LogP contribution is 2.30. The molecule has 116 valence electrons. The first-order chi connectivity index (χ1) is 11.3. The number of nitrogens with zero attached hydrogens (tertiary/aromatic N) is 3. The molecular formula is C15H11N3O3S2. The first kappa shape index (κ1) is 14.3. The largest absolute Gasteiger partial charge is 0.469 e. The third-order valence-corrected chi connectivity index (χ3v) is 4.88. The number of hydrogen-bond acceptors (Lipinski definition) is 8. The third kappa shape index (κ3) is 2.95. The van der Waals surface area contributed by atoms with Gasteiger partial charge < -0.3 is 13.3 Å². The Balaban J connectivity index is 1.44. The maximum absolute atomic E-state index is 5.65. The Morgan fingerprint density at radius 1 is 1.17 bits per heavy atom. The summed E-state index contributed by atoms with van der Waals surface area (Å²) in [7, 11) is 0. The van der Waals surface area contributed by atoms with E-state index < -0.39 is 0 Å². The van der Waals surface area contributed by atoms with E-state index in [9.17, 15) is 0 Å². The van der Waals surface area contributed by atoms with E-state index in [0.29, 0.717) is 16.9 Å². The number of rotatable bonds is 5. The van der Waals surface area contributed by atoms with Crippen LogP contribution in [0.15, 0.2) is 54.6 Å². The van der Waals surface area contributed by atoms with Gasteiger partial charge in [0.25, 0.3) is 11.1 Å². The fraction of sp³-hybridized carbons (Fsp3) is 0.133. The van der Waals surface area contributed by atoms with E-state index in [4.69, 9.17) is 13.3 Å². The van der Waals surface area contributed by atoms with Crippen LogP contribution in [-0.2, 0) is 5.75 Å². The maximum atomic E-state index is 5.65. The third-order valence-electron chi connectivity index (χ3n) is 3.12. The van der Waals surface area contributed by atoms with E-state index in [1.807, 2.05) is 30.5 Å². The molecule has 4 aromatic rings. The fourth-order valence-corrected chi connectivity index (χ4v) is 3.55. The van der Waals surface area contributed by atoms with Crippen LogP contribution in [0.4, 0.5) is 0 Å². The summed E-state index contributed by atoms with van der Waals surface area (Å²) in [6.45, 7) is 1.86. The summed E-state index contributed by atoms with van der Waals surface area (Å²) in [4.78, 5) is 4.54. The van der Waals surface area contributed by atoms with Gasteiger partial charge in [-0.2, -0.15) is 0 Å². The van der Waals surface area contributed by atoms with Crippen LogP contribution < -0.4 is 0 Å². The molecule has 0 spiro atoms. The highest BCUT2D eigenvalue weighted by molar-refractivity contribution is 7.98. The standard InChI is InChI=1S/C15H11N3O3S2/c1-9-11(4-6-19-9)13-17-18-15(21-13)23-8-10-7-22-14(16-10)12-3-2-5-20-12/h2-7H,8H2,1H3. The van der Waals surface area contributed by atoms with Crippen molar-refractivity contribution in [3.63, 3.8) is 0 Å². The van der Waals surface area contributed by atoms with Gasteiger partial charge in [-0.15, -0.1) is 21.5 Å². The summed E-state index contributed by atoms with van der Waals surface area (Å²) in [6.07, 6.45) is 3.25. The summed E-state index contributed by atoms with van der Waals surface area (Å²) in [5.41, 5.74) is 1.77. The zero-order valence-corrected chi connectivity index (χ0v) is 13.7. The number of aromatic nitrogens is 3. The average Bonchev–Trinajstić information content (AvgIpc) is 3.32. The molecule has 0 aliphatic rings. The van der Waals surface area contributed by atoms with Gasteiger partial charge in [-0.3, -0.25) is 0 Å². The second kappa shape index (κ2) is 6.05. The quantitative estimate of drug-likeness (QED) is 0.487. The van der Waals surface area contributed by atoms with Crippen molar-refractivity contribution in [2.24, 2.45) is 0 Å². The summed E-state index contributed by atoms with van der Waals surface area (Å²) in [5.74, 6) is 2.66. The minimum absolute atomic E-state index is 0.466. The van der Waals surface area contributed by atoms with Gasteiger partial charge in [-0.1, -0.05) is 11.8 Å². The van der Waals surface area contributed by atoms with Gasteiger partial charge in [-0.25, -0.2) is 4.98 Å². The minimum atomic E-state index is 0.466. The Labute approximate surface area is 139 Å². The lowest BCUT2D eigenvalue weighted by atomic mass is 10.3. The van der Waals surface area contributed by atoms with Crippen molar-refractivity contribution in [2.45, 2.75) is 17.9 Å². The Kier molecular flexibility index (Phi) is 3.76. The van der Waals surface area contributed by atoms with Crippen molar-refractivity contribution in [3.05, 3.63) is 47.6 Å². The molecule has 0 unspecified atom stereocenters. The van der Waals surface area contributed by atoms with Crippen LogP contribution in [0.1, 0.15) is 11.5 Å². The summed E-state index contributed by atoms with van der Waals surface area (Å²) in [6, 6.07) is 5.56. The highest BCUT2D eigenvalue weighted by Gasteiger charge is 2.14. The lowest BCUT2D eigenvalue weighted by molar-refractivity contribution is 0.463. The molecule has 0 saturated carbocycles. The highest BCUT2D eigenvalue weighted by atomic mass is 32.2. The molecule has 4 rings (SSSR count). The van der Waals surface area contributed by atoms with Crippen molar-refractivity contribution in [3.8, 4) is 22.2 Å². The molecule has 0 radical (unpaired) electrons. The Morgan fingerprint density at radius 3 is 2.91 bits per heavy atom. The van der Waals surface area contributed by atoms with E-state index in [0.717, 1.165) is 27.8 Å². The molecule has 8 heteroatoms. The molecule has 0 bridgehead atoms. The molecule has 0 N–H and O–H groups in total. The van der Waals surface area contributed by atoms with Crippen molar-refractivity contribution >= 4 is 23.1 Å². The number of furan rings is 2. The van der Waals surface area contributed by atoms with Gasteiger partial charge in [0.2, 0.25) is 0 Å². The van der Waals surface area contributed by atoms with Crippen LogP contribution in [0.2, 0.25) is 0 Å². The summed E-state index contributed by atoms with van der Waals surface area (Å²) in [5, 5.41) is 11.5. The van der Waals surface area contributed by atoms with Crippen LogP contribution in [-0.4, -0.2) is 15.2 Å². The summed E-state index contributed by atoms with van der Waals surface area (Å²) < 4.78 is 16.2. The van der Waals surface area contributed by atoms with Crippen molar-refractivity contribution in [2.75, 3.05) is 0 Å². The number of aryl methyl sites for hydroxylation is 1. The average molecular weight is 345 g/mol. The monoisotopic (exact) mass is 345 g/mol. The SMILES string of the molecule is Cc1occc1-c1nnc(SCc2csc(-c3ccco3)n2)o1. The first-order valence-corrected chi connectivity index (χ1v) is 8.65. The Bertz CT molecular complexity index is 908. The molecule has 0 aliphatic heterocycles. The maximum Gasteiger partial charge on any atom is 0.277 e. The van der Waals surface area contributed by atoms with Gasteiger partial charge in [0, 0.05) is 11.1 Å². The van der Waals surface area contributed by atoms with Crippen LogP contribution in [0, 0.1) is 6.92 Å². The number of hydrogen-bond donors (Lipinski definition) is 0. The molecule has 0 amide bonds. The van der Waals surface area contributed by atoms with Crippen LogP contribution >= 0.6 is 23.1 Å². The van der Waals surface area contributed by atoms with E-state index in [1.54, 1.807) is 23.9 Å². The Hall–Kier alpha value is -2.32. The van der Waals surface area contributed by atoms with Gasteiger partial charge in [-0.05, 0) is 25.1 Å². The molecule has 0 fully saturated rings. The van der Waals surface area contributed by atoms with E-state index >= 15 is 0 Å². The lowest BCUT2D eigenvalue weighted by Gasteiger charge is -1.92. The number of thiazole rings is 1. The molecule has 6 nitrogen and oxygen atoms in total. The molecule has 0 aliphatic carbocycles. The van der Waals surface area contributed by atoms with Crippen LogP contribution in [0.5, 0.6) is 0 Å². The zero-order chi connectivity index (χ0) is 15.6. The molecule has 23 heavy (non-hydrogen) atoms. The smallest absolute Gasteiger partial charge is 0.277 e.